The van der Waals surface area contributed by atoms with Crippen LogP contribution in [-0.4, -0.2) is 29.7 Å². The Hall–Kier alpha value is -1.36. The highest BCUT2D eigenvalue weighted by molar-refractivity contribution is 5.47. The molecule has 1 rings (SSSR count). The van der Waals surface area contributed by atoms with Gasteiger partial charge in [0.25, 0.3) is 0 Å². The summed E-state index contributed by atoms with van der Waals surface area (Å²) in [6, 6.07) is 2.35. The third kappa shape index (κ3) is 5.03. The second-order valence-electron chi connectivity index (χ2n) is 4.84. The Morgan fingerprint density at radius 3 is 2.42 bits per heavy atom. The van der Waals surface area contributed by atoms with Crippen LogP contribution in [0.15, 0.2) is 6.07 Å². The molecule has 1 aromatic rings. The average Bonchev–Trinajstić information content (AvgIpc) is 2.41. The molecule has 1 atom stereocenters. The summed E-state index contributed by atoms with van der Waals surface area (Å²) in [6.07, 6.45) is 1.07. The van der Waals surface area contributed by atoms with Crippen molar-refractivity contribution in [2.24, 2.45) is 5.92 Å². The summed E-state index contributed by atoms with van der Waals surface area (Å²) in [5, 5.41) is 6.53. The van der Waals surface area contributed by atoms with Gasteiger partial charge in [-0.15, -0.1) is 0 Å². The summed E-state index contributed by atoms with van der Waals surface area (Å²) in [7, 11) is 1.86. The molecule has 5 nitrogen and oxygen atoms in total. The predicted molar refractivity (Wildman–Crippen MR) is 79.4 cm³/mol. The molecule has 0 radical (unpaired) electrons. The lowest BCUT2D eigenvalue weighted by Gasteiger charge is -2.21. The van der Waals surface area contributed by atoms with E-state index in [1.165, 1.54) is 0 Å². The van der Waals surface area contributed by atoms with Gasteiger partial charge in [0.05, 0.1) is 0 Å². The van der Waals surface area contributed by atoms with Gasteiger partial charge in [0.15, 0.2) is 5.82 Å². The maximum Gasteiger partial charge on any atom is 0.158 e. The smallest absolute Gasteiger partial charge is 0.158 e. The zero-order valence-corrected chi connectivity index (χ0v) is 12.7. The molecule has 0 saturated heterocycles. The highest BCUT2D eigenvalue weighted by Crippen LogP contribution is 2.16. The standard InChI is InChI=1S/C14H26N4O/c1-6-11(10(3)4)16-13-8-12(15-5)17-14(18-13)9-19-7-2/h8,10-11H,6-7,9H2,1-5H3,(H2,15,16,17,18). The first-order valence-electron chi connectivity index (χ1n) is 7.00. The molecule has 0 amide bonds. The highest BCUT2D eigenvalue weighted by atomic mass is 16.5. The zero-order valence-electron chi connectivity index (χ0n) is 12.7. The van der Waals surface area contributed by atoms with Gasteiger partial charge in [-0.3, -0.25) is 0 Å². The third-order valence-electron chi connectivity index (χ3n) is 3.04. The van der Waals surface area contributed by atoms with E-state index >= 15 is 0 Å². The molecule has 108 valence electrons. The minimum Gasteiger partial charge on any atom is -0.374 e. The Kier molecular flexibility index (Phi) is 6.56. The summed E-state index contributed by atoms with van der Waals surface area (Å²) in [5.74, 6) is 2.93. The van der Waals surface area contributed by atoms with Crippen molar-refractivity contribution in [3.05, 3.63) is 11.9 Å². The van der Waals surface area contributed by atoms with Crippen LogP contribution in [0, 0.1) is 5.92 Å². The van der Waals surface area contributed by atoms with E-state index in [0.29, 0.717) is 31.0 Å². The number of rotatable bonds is 8. The molecule has 0 spiro atoms. The number of nitrogens with zero attached hydrogens (tertiary/aromatic N) is 2. The maximum absolute atomic E-state index is 5.37. The second kappa shape index (κ2) is 7.94. The van der Waals surface area contributed by atoms with Crippen LogP contribution in [0.4, 0.5) is 11.6 Å². The van der Waals surface area contributed by atoms with Crippen molar-refractivity contribution >= 4 is 11.6 Å². The van der Waals surface area contributed by atoms with E-state index in [9.17, 15) is 0 Å². The van der Waals surface area contributed by atoms with Crippen LogP contribution in [0.25, 0.3) is 0 Å². The van der Waals surface area contributed by atoms with Crippen LogP contribution in [0.2, 0.25) is 0 Å². The monoisotopic (exact) mass is 266 g/mol. The summed E-state index contributed by atoms with van der Waals surface area (Å²) in [6.45, 7) is 9.68. The largest absolute Gasteiger partial charge is 0.374 e. The average molecular weight is 266 g/mol. The van der Waals surface area contributed by atoms with Crippen molar-refractivity contribution in [3.8, 4) is 0 Å². The Balaban J connectivity index is 2.86. The molecular formula is C14H26N4O. The molecule has 2 N–H and O–H groups in total. The van der Waals surface area contributed by atoms with Crippen LogP contribution in [0.1, 0.15) is 39.9 Å². The molecular weight excluding hydrogens is 240 g/mol. The Morgan fingerprint density at radius 2 is 1.89 bits per heavy atom. The number of ether oxygens (including phenoxy) is 1. The predicted octanol–water partition coefficient (Wildman–Crippen LogP) is 2.90. The van der Waals surface area contributed by atoms with Crippen LogP contribution in [0.5, 0.6) is 0 Å². The van der Waals surface area contributed by atoms with E-state index in [4.69, 9.17) is 4.74 Å². The van der Waals surface area contributed by atoms with Gasteiger partial charge < -0.3 is 15.4 Å². The molecule has 0 aliphatic heterocycles. The van der Waals surface area contributed by atoms with Gasteiger partial charge in [0, 0.05) is 25.8 Å². The van der Waals surface area contributed by atoms with Gasteiger partial charge in [-0.2, -0.15) is 0 Å². The van der Waals surface area contributed by atoms with Gasteiger partial charge >= 0.3 is 0 Å². The molecule has 19 heavy (non-hydrogen) atoms. The van der Waals surface area contributed by atoms with Crippen LogP contribution in [-0.2, 0) is 11.3 Å². The van der Waals surface area contributed by atoms with Crippen molar-refractivity contribution in [1.82, 2.24) is 9.97 Å². The van der Waals surface area contributed by atoms with E-state index in [-0.39, 0.29) is 0 Å². The number of nitrogens with one attached hydrogen (secondary N) is 2. The molecule has 0 saturated carbocycles. The molecule has 0 fully saturated rings. The number of hydrogen-bond donors (Lipinski definition) is 2. The van der Waals surface area contributed by atoms with Crippen molar-refractivity contribution in [2.75, 3.05) is 24.3 Å². The molecule has 1 unspecified atom stereocenters. The van der Waals surface area contributed by atoms with E-state index < -0.39 is 0 Å². The first-order valence-corrected chi connectivity index (χ1v) is 7.00. The summed E-state index contributed by atoms with van der Waals surface area (Å²) in [5.41, 5.74) is 0. The third-order valence-corrected chi connectivity index (χ3v) is 3.04. The van der Waals surface area contributed by atoms with E-state index in [1.807, 2.05) is 20.0 Å². The summed E-state index contributed by atoms with van der Waals surface area (Å²) >= 11 is 0. The number of hydrogen-bond acceptors (Lipinski definition) is 5. The fourth-order valence-electron chi connectivity index (χ4n) is 1.89. The maximum atomic E-state index is 5.37. The van der Waals surface area contributed by atoms with Gasteiger partial charge in [-0.05, 0) is 19.3 Å². The van der Waals surface area contributed by atoms with Gasteiger partial charge in [0.2, 0.25) is 0 Å². The summed E-state index contributed by atoms with van der Waals surface area (Å²) in [4.78, 5) is 8.88. The van der Waals surface area contributed by atoms with E-state index in [1.54, 1.807) is 0 Å². The molecule has 0 aromatic carbocycles. The van der Waals surface area contributed by atoms with E-state index in [0.717, 1.165) is 18.1 Å². The fraction of sp³-hybridized carbons (Fsp3) is 0.714. The normalized spacial score (nSPS) is 12.5. The quantitative estimate of drug-likeness (QED) is 0.757. The highest BCUT2D eigenvalue weighted by Gasteiger charge is 2.12. The Bertz CT molecular complexity index is 382. The number of anilines is 2. The molecule has 1 heterocycles. The molecule has 0 aliphatic rings. The summed E-state index contributed by atoms with van der Waals surface area (Å²) < 4.78 is 5.37. The van der Waals surface area contributed by atoms with E-state index in [2.05, 4.69) is 41.4 Å². The van der Waals surface area contributed by atoms with Gasteiger partial charge in [-0.1, -0.05) is 20.8 Å². The van der Waals surface area contributed by atoms with Crippen LogP contribution < -0.4 is 10.6 Å². The van der Waals surface area contributed by atoms with Crippen molar-refractivity contribution in [3.63, 3.8) is 0 Å². The SMILES string of the molecule is CCOCc1nc(NC)cc(NC(CC)C(C)C)n1. The fourth-order valence-corrected chi connectivity index (χ4v) is 1.89. The van der Waals surface area contributed by atoms with Gasteiger partial charge in [-0.25, -0.2) is 9.97 Å². The minimum atomic E-state index is 0.416. The Labute approximate surface area is 116 Å². The zero-order chi connectivity index (χ0) is 14.3. The topological polar surface area (TPSA) is 59.1 Å². The van der Waals surface area contributed by atoms with Crippen LogP contribution in [0.3, 0.4) is 0 Å². The van der Waals surface area contributed by atoms with Crippen molar-refractivity contribution < 1.29 is 4.74 Å². The minimum absolute atomic E-state index is 0.416. The van der Waals surface area contributed by atoms with Crippen molar-refractivity contribution in [1.29, 1.82) is 0 Å². The first-order chi connectivity index (χ1) is 9.10. The lowest BCUT2D eigenvalue weighted by molar-refractivity contribution is 0.128. The molecule has 0 bridgehead atoms. The lowest BCUT2D eigenvalue weighted by Crippen LogP contribution is -2.25. The lowest BCUT2D eigenvalue weighted by atomic mass is 10.0. The second-order valence-corrected chi connectivity index (χ2v) is 4.84. The number of aromatic nitrogens is 2. The Morgan fingerprint density at radius 1 is 1.21 bits per heavy atom. The molecule has 5 heteroatoms. The van der Waals surface area contributed by atoms with Gasteiger partial charge in [0.1, 0.15) is 18.2 Å². The molecule has 1 aromatic heterocycles. The van der Waals surface area contributed by atoms with Crippen molar-refractivity contribution in [2.45, 2.75) is 46.8 Å². The molecule has 0 aliphatic carbocycles. The van der Waals surface area contributed by atoms with Crippen LogP contribution >= 0.6 is 0 Å². The first kappa shape index (κ1) is 15.7.